The molecule has 5 rings (SSSR count). The van der Waals surface area contributed by atoms with Crippen LogP contribution in [0, 0.1) is 11.8 Å². The van der Waals surface area contributed by atoms with Gasteiger partial charge in [0.2, 0.25) is 5.91 Å². The molecule has 1 saturated heterocycles. The molecule has 2 N–H and O–H groups in total. The summed E-state index contributed by atoms with van der Waals surface area (Å²) in [5.74, 6) is 1.37. The van der Waals surface area contributed by atoms with E-state index in [4.69, 9.17) is 23.2 Å². The number of hydrogen-bond donors (Lipinski definition) is 2. The number of nitrogens with zero attached hydrogens (tertiary/aromatic N) is 2. The largest absolute Gasteiger partial charge is 0.508 e. The second-order valence-corrected chi connectivity index (χ2v) is 13.2. The summed E-state index contributed by atoms with van der Waals surface area (Å²) in [6.45, 7) is 7.56. The van der Waals surface area contributed by atoms with Crippen LogP contribution in [0.4, 0.5) is 0 Å². The van der Waals surface area contributed by atoms with Crippen molar-refractivity contribution in [2.24, 2.45) is 11.8 Å². The maximum absolute atomic E-state index is 13.8. The number of halogens is 2. The molecule has 38 heavy (non-hydrogen) atoms. The minimum absolute atomic E-state index is 0.00489. The number of aromatic hydroxyl groups is 1. The zero-order valence-corrected chi connectivity index (χ0v) is 24.0. The van der Waals surface area contributed by atoms with Crippen LogP contribution < -0.4 is 0 Å². The van der Waals surface area contributed by atoms with E-state index in [1.54, 1.807) is 18.2 Å². The molecule has 2 aromatic carbocycles. The van der Waals surface area contributed by atoms with Gasteiger partial charge in [-0.1, -0.05) is 55.2 Å². The van der Waals surface area contributed by atoms with Crippen LogP contribution >= 0.6 is 23.2 Å². The molecule has 206 valence electrons. The number of phenolic OH excluding ortho intramolecular Hbond substituents is 1. The van der Waals surface area contributed by atoms with Crippen molar-refractivity contribution in [3.8, 4) is 5.75 Å². The summed E-state index contributed by atoms with van der Waals surface area (Å²) in [5, 5.41) is 23.7. The van der Waals surface area contributed by atoms with Crippen molar-refractivity contribution in [2.45, 2.75) is 75.9 Å². The highest BCUT2D eigenvalue weighted by molar-refractivity contribution is 6.42. The standard InChI is InChI=1S/C31H40Cl2N2O3/c1-21(2)18-35(29(37)15-23-8-9-27(32)28(33)14-23)25-10-11-31(38)20-34(19-22-6-7-22)13-12-30(31,17-25)24-4-3-5-26(36)16-24/h3-5,8-9,14,16,21-22,25,36,38H,6-7,10-13,15,17-20H2,1-2H3/t25-,30-,31-/m0/s1. The molecule has 0 unspecified atom stereocenters. The predicted octanol–water partition coefficient (Wildman–Crippen LogP) is 6.06. The molecule has 1 amide bonds. The Bertz CT molecular complexity index is 1170. The highest BCUT2D eigenvalue weighted by Gasteiger charge is 2.58. The van der Waals surface area contributed by atoms with E-state index in [0.29, 0.717) is 41.9 Å². The van der Waals surface area contributed by atoms with Crippen LogP contribution in [0.5, 0.6) is 5.75 Å². The van der Waals surface area contributed by atoms with Crippen molar-refractivity contribution in [3.63, 3.8) is 0 Å². The highest BCUT2D eigenvalue weighted by Crippen LogP contribution is 2.53. The molecule has 0 radical (unpaired) electrons. The van der Waals surface area contributed by atoms with Crippen LogP contribution in [0.1, 0.15) is 63.5 Å². The Balaban J connectivity index is 1.44. The van der Waals surface area contributed by atoms with Crippen LogP contribution in [-0.4, -0.2) is 63.7 Å². The van der Waals surface area contributed by atoms with Crippen molar-refractivity contribution >= 4 is 29.1 Å². The highest BCUT2D eigenvalue weighted by atomic mass is 35.5. The number of piperidine rings is 1. The molecular weight excluding hydrogens is 519 g/mol. The fourth-order valence-electron chi connectivity index (χ4n) is 6.90. The Hall–Kier alpha value is -1.79. The molecule has 2 saturated carbocycles. The van der Waals surface area contributed by atoms with Gasteiger partial charge in [-0.2, -0.15) is 0 Å². The van der Waals surface area contributed by atoms with Crippen LogP contribution in [0.3, 0.4) is 0 Å². The SMILES string of the molecule is CC(C)CN(C(=O)Cc1ccc(Cl)c(Cl)c1)[C@H]1CC[C@]2(O)CN(CC3CC3)CC[C@@]2(c2cccc(O)c2)C1. The lowest BCUT2D eigenvalue weighted by atomic mass is 9.55. The summed E-state index contributed by atoms with van der Waals surface area (Å²) < 4.78 is 0. The van der Waals surface area contributed by atoms with Gasteiger partial charge in [-0.05, 0) is 92.3 Å². The Morgan fingerprint density at radius 2 is 1.89 bits per heavy atom. The summed E-state index contributed by atoms with van der Waals surface area (Å²) in [7, 11) is 0. The fraction of sp³-hybridized carbons (Fsp3) is 0.581. The maximum atomic E-state index is 13.8. The average Bonchev–Trinajstić information content (AvgIpc) is 3.68. The fourth-order valence-corrected chi connectivity index (χ4v) is 7.22. The molecule has 0 spiro atoms. The number of likely N-dealkylation sites (tertiary alicyclic amines) is 1. The first-order chi connectivity index (χ1) is 18.1. The van der Waals surface area contributed by atoms with Gasteiger partial charge in [0.25, 0.3) is 0 Å². The van der Waals surface area contributed by atoms with Gasteiger partial charge in [0, 0.05) is 31.1 Å². The molecule has 7 heteroatoms. The van der Waals surface area contributed by atoms with E-state index in [9.17, 15) is 15.0 Å². The number of hydrogen-bond acceptors (Lipinski definition) is 4. The summed E-state index contributed by atoms with van der Waals surface area (Å²) >= 11 is 12.3. The first-order valence-corrected chi connectivity index (χ1v) is 14.8. The summed E-state index contributed by atoms with van der Waals surface area (Å²) in [6, 6.07) is 12.8. The van der Waals surface area contributed by atoms with E-state index in [0.717, 1.165) is 43.0 Å². The summed E-state index contributed by atoms with van der Waals surface area (Å²) in [5.41, 5.74) is 0.410. The monoisotopic (exact) mass is 558 g/mol. The van der Waals surface area contributed by atoms with Gasteiger partial charge in [-0.15, -0.1) is 0 Å². The van der Waals surface area contributed by atoms with Crippen LogP contribution in [0.2, 0.25) is 10.0 Å². The van der Waals surface area contributed by atoms with Crippen LogP contribution in [0.25, 0.3) is 0 Å². The van der Waals surface area contributed by atoms with Crippen LogP contribution in [-0.2, 0) is 16.6 Å². The molecule has 3 atom stereocenters. The van der Waals surface area contributed by atoms with E-state index in [1.165, 1.54) is 12.8 Å². The van der Waals surface area contributed by atoms with Gasteiger partial charge in [0.05, 0.1) is 22.1 Å². The number of amides is 1. The molecule has 3 aliphatic rings. The van der Waals surface area contributed by atoms with Gasteiger partial charge in [-0.25, -0.2) is 0 Å². The molecule has 2 aromatic rings. The number of phenols is 1. The number of benzene rings is 2. The van der Waals surface area contributed by atoms with Crippen molar-refractivity contribution in [1.29, 1.82) is 0 Å². The minimum Gasteiger partial charge on any atom is -0.508 e. The first kappa shape index (κ1) is 27.8. The number of β-amino-alcohol motifs (C(OH)–C–C–N with tert-alkyl or cyclic N) is 1. The molecule has 0 bridgehead atoms. The van der Waals surface area contributed by atoms with E-state index in [2.05, 4.69) is 18.7 Å². The van der Waals surface area contributed by atoms with Gasteiger partial charge < -0.3 is 20.0 Å². The Morgan fingerprint density at radius 3 is 2.58 bits per heavy atom. The van der Waals surface area contributed by atoms with E-state index < -0.39 is 11.0 Å². The van der Waals surface area contributed by atoms with Gasteiger partial charge in [-0.3, -0.25) is 4.79 Å². The van der Waals surface area contributed by atoms with Gasteiger partial charge in [0.1, 0.15) is 5.75 Å². The maximum Gasteiger partial charge on any atom is 0.227 e. The Labute approximate surface area is 236 Å². The minimum atomic E-state index is -0.902. The van der Waals surface area contributed by atoms with E-state index >= 15 is 0 Å². The van der Waals surface area contributed by atoms with Crippen molar-refractivity contribution in [3.05, 3.63) is 63.6 Å². The average molecular weight is 560 g/mol. The lowest BCUT2D eigenvalue weighted by Crippen LogP contribution is -2.67. The molecule has 5 nitrogen and oxygen atoms in total. The normalized spacial score (nSPS) is 27.8. The van der Waals surface area contributed by atoms with Gasteiger partial charge in [0.15, 0.2) is 0 Å². The second kappa shape index (κ2) is 11.0. The topological polar surface area (TPSA) is 64.0 Å². The smallest absolute Gasteiger partial charge is 0.227 e. The zero-order chi connectivity index (χ0) is 27.1. The predicted molar refractivity (Wildman–Crippen MR) is 153 cm³/mol. The lowest BCUT2D eigenvalue weighted by molar-refractivity contribution is -0.150. The molecule has 2 aliphatic carbocycles. The number of rotatable bonds is 8. The first-order valence-electron chi connectivity index (χ1n) is 14.1. The third kappa shape index (κ3) is 5.72. The number of carbonyl (C=O) groups is 1. The Morgan fingerprint density at radius 1 is 1.11 bits per heavy atom. The van der Waals surface area contributed by atoms with Crippen molar-refractivity contribution in [1.82, 2.24) is 9.80 Å². The second-order valence-electron chi connectivity index (χ2n) is 12.4. The number of aliphatic hydroxyl groups is 1. The third-order valence-corrected chi connectivity index (χ3v) is 9.72. The molecule has 0 aromatic heterocycles. The van der Waals surface area contributed by atoms with E-state index in [-0.39, 0.29) is 24.1 Å². The van der Waals surface area contributed by atoms with Crippen molar-refractivity contribution < 1.29 is 15.0 Å². The number of fused-ring (bicyclic) bond motifs is 1. The lowest BCUT2D eigenvalue weighted by Gasteiger charge is -2.59. The molecular formula is C31H40Cl2N2O3. The van der Waals surface area contributed by atoms with Crippen molar-refractivity contribution in [2.75, 3.05) is 26.2 Å². The molecule has 1 heterocycles. The number of carbonyl (C=O) groups excluding carboxylic acids is 1. The molecule has 3 fully saturated rings. The zero-order valence-electron chi connectivity index (χ0n) is 22.5. The summed E-state index contributed by atoms with van der Waals surface area (Å²) in [6.07, 6.45) is 5.73. The Kier molecular flexibility index (Phi) is 8.04. The quantitative estimate of drug-likeness (QED) is 0.413. The van der Waals surface area contributed by atoms with E-state index in [1.807, 2.05) is 29.2 Å². The summed E-state index contributed by atoms with van der Waals surface area (Å²) in [4.78, 5) is 18.3. The molecule has 1 aliphatic heterocycles. The van der Waals surface area contributed by atoms with Crippen LogP contribution in [0.15, 0.2) is 42.5 Å². The third-order valence-electron chi connectivity index (χ3n) is 8.98. The van der Waals surface area contributed by atoms with Gasteiger partial charge >= 0.3 is 0 Å².